The number of halogens is 1. The van der Waals surface area contributed by atoms with Gasteiger partial charge in [0, 0.05) is 44.8 Å². The van der Waals surface area contributed by atoms with Crippen molar-refractivity contribution in [3.63, 3.8) is 0 Å². The van der Waals surface area contributed by atoms with Crippen LogP contribution in [0.4, 0.5) is 0 Å². The van der Waals surface area contributed by atoms with Crippen molar-refractivity contribution in [3.8, 4) is 6.07 Å². The van der Waals surface area contributed by atoms with Crippen LogP contribution in [-0.2, 0) is 21.4 Å². The molecule has 9 heteroatoms. The van der Waals surface area contributed by atoms with Crippen LogP contribution in [0.5, 0.6) is 0 Å². The Morgan fingerprint density at radius 2 is 1.74 bits per heavy atom. The lowest BCUT2D eigenvalue weighted by Gasteiger charge is -2.24. The average molecular weight is 461 g/mol. The van der Waals surface area contributed by atoms with Crippen molar-refractivity contribution in [1.29, 1.82) is 5.26 Å². The first kappa shape index (κ1) is 23.2. The molecule has 0 unspecified atom stereocenters. The summed E-state index contributed by atoms with van der Waals surface area (Å²) >= 11 is 5.83. The number of amides is 1. The molecular weight excluding hydrogens is 436 g/mol. The van der Waals surface area contributed by atoms with E-state index in [-0.39, 0.29) is 17.3 Å². The molecule has 1 aliphatic heterocycles. The first-order valence-electron chi connectivity index (χ1n) is 10.0. The van der Waals surface area contributed by atoms with Gasteiger partial charge in [-0.2, -0.15) is 9.57 Å². The second kappa shape index (κ2) is 10.2. The molecule has 1 saturated heterocycles. The highest BCUT2D eigenvalue weighted by molar-refractivity contribution is 7.89. The first-order valence-corrected chi connectivity index (χ1v) is 11.8. The Labute approximate surface area is 188 Å². The average Bonchev–Trinajstić information content (AvgIpc) is 3.00. The van der Waals surface area contributed by atoms with E-state index in [4.69, 9.17) is 16.9 Å². The zero-order valence-electron chi connectivity index (χ0n) is 17.4. The van der Waals surface area contributed by atoms with Crippen LogP contribution in [0.3, 0.4) is 0 Å². The largest absolute Gasteiger partial charge is 0.340 e. The highest BCUT2D eigenvalue weighted by Gasteiger charge is 2.26. The van der Waals surface area contributed by atoms with Gasteiger partial charge in [-0.1, -0.05) is 23.7 Å². The highest BCUT2D eigenvalue weighted by Crippen LogP contribution is 2.18. The van der Waals surface area contributed by atoms with E-state index in [9.17, 15) is 13.2 Å². The van der Waals surface area contributed by atoms with Gasteiger partial charge in [0.2, 0.25) is 15.9 Å². The maximum atomic E-state index is 12.8. The lowest BCUT2D eigenvalue weighted by atomic mass is 10.1. The van der Waals surface area contributed by atoms with Gasteiger partial charge in [-0.15, -0.1) is 0 Å². The standard InChI is InChI=1S/C22H25ClN4O3S/c1-25(31(29,30)21-9-7-20(23)8-10-21)17-22(28)27-12-2-11-26(13-14-27)16-19-5-3-18(15-24)4-6-19/h3-10H,2,11-14,16-17H2,1H3. The van der Waals surface area contributed by atoms with Gasteiger partial charge in [-0.05, 0) is 48.4 Å². The van der Waals surface area contributed by atoms with Gasteiger partial charge >= 0.3 is 0 Å². The number of likely N-dealkylation sites (N-methyl/N-ethyl adjacent to an activating group) is 1. The molecule has 1 fully saturated rings. The minimum Gasteiger partial charge on any atom is -0.340 e. The number of hydrogen-bond donors (Lipinski definition) is 0. The molecule has 0 radical (unpaired) electrons. The molecule has 1 amide bonds. The van der Waals surface area contributed by atoms with Gasteiger partial charge in [-0.3, -0.25) is 9.69 Å². The predicted octanol–water partition coefficient (Wildman–Crippen LogP) is 2.57. The van der Waals surface area contributed by atoms with Crippen LogP contribution >= 0.6 is 11.6 Å². The lowest BCUT2D eigenvalue weighted by Crippen LogP contribution is -2.42. The number of carbonyl (C=O) groups excluding carboxylic acids is 1. The van der Waals surface area contributed by atoms with Gasteiger partial charge in [0.1, 0.15) is 0 Å². The monoisotopic (exact) mass is 460 g/mol. The van der Waals surface area contributed by atoms with Crippen LogP contribution in [0.15, 0.2) is 53.4 Å². The molecule has 1 heterocycles. The molecule has 0 aromatic heterocycles. The number of benzene rings is 2. The van der Waals surface area contributed by atoms with E-state index in [1.54, 1.807) is 17.0 Å². The number of carbonyl (C=O) groups is 1. The van der Waals surface area contributed by atoms with E-state index in [1.807, 2.05) is 12.1 Å². The fourth-order valence-electron chi connectivity index (χ4n) is 3.48. The van der Waals surface area contributed by atoms with Gasteiger partial charge < -0.3 is 4.90 Å². The maximum absolute atomic E-state index is 12.8. The summed E-state index contributed by atoms with van der Waals surface area (Å²) in [5, 5.41) is 9.36. The van der Waals surface area contributed by atoms with Crippen molar-refractivity contribution in [1.82, 2.24) is 14.1 Å². The second-order valence-electron chi connectivity index (χ2n) is 7.53. The Bertz CT molecular complexity index is 1050. The Hall–Kier alpha value is -2.44. The summed E-state index contributed by atoms with van der Waals surface area (Å²) in [5.74, 6) is -0.208. The molecule has 0 atom stereocenters. The smallest absolute Gasteiger partial charge is 0.243 e. The van der Waals surface area contributed by atoms with Crippen molar-refractivity contribution in [2.24, 2.45) is 0 Å². The van der Waals surface area contributed by atoms with Gasteiger partial charge in [0.05, 0.1) is 23.1 Å². The molecule has 1 aliphatic rings. The zero-order chi connectivity index (χ0) is 22.4. The summed E-state index contributed by atoms with van der Waals surface area (Å²) in [6.07, 6.45) is 0.815. The Kier molecular flexibility index (Phi) is 7.68. The van der Waals surface area contributed by atoms with Crippen LogP contribution in [0.25, 0.3) is 0 Å². The van der Waals surface area contributed by atoms with Crippen molar-refractivity contribution >= 4 is 27.5 Å². The van der Waals surface area contributed by atoms with Crippen LogP contribution in [0.2, 0.25) is 5.02 Å². The van der Waals surface area contributed by atoms with E-state index in [0.717, 1.165) is 29.4 Å². The molecule has 0 aliphatic carbocycles. The quantitative estimate of drug-likeness (QED) is 0.661. The third-order valence-electron chi connectivity index (χ3n) is 5.31. The SMILES string of the molecule is CN(CC(=O)N1CCCN(Cc2ccc(C#N)cc2)CC1)S(=O)(=O)c1ccc(Cl)cc1. The van der Waals surface area contributed by atoms with E-state index in [0.29, 0.717) is 30.2 Å². The summed E-state index contributed by atoms with van der Waals surface area (Å²) < 4.78 is 26.5. The van der Waals surface area contributed by atoms with Crippen LogP contribution < -0.4 is 0 Å². The third-order valence-corrected chi connectivity index (χ3v) is 7.38. The van der Waals surface area contributed by atoms with Crippen LogP contribution in [0, 0.1) is 11.3 Å². The fourth-order valence-corrected chi connectivity index (χ4v) is 4.73. The van der Waals surface area contributed by atoms with E-state index < -0.39 is 10.0 Å². The normalized spacial score (nSPS) is 15.5. The number of nitriles is 1. The molecule has 0 saturated carbocycles. The van der Waals surface area contributed by atoms with Crippen molar-refractivity contribution in [2.45, 2.75) is 17.9 Å². The maximum Gasteiger partial charge on any atom is 0.243 e. The minimum atomic E-state index is -3.76. The van der Waals surface area contributed by atoms with Gasteiger partial charge in [-0.25, -0.2) is 8.42 Å². The molecule has 7 nitrogen and oxygen atoms in total. The van der Waals surface area contributed by atoms with Crippen molar-refractivity contribution in [2.75, 3.05) is 39.8 Å². The highest BCUT2D eigenvalue weighted by atomic mass is 35.5. The fraction of sp³-hybridized carbons (Fsp3) is 0.364. The topological polar surface area (TPSA) is 84.7 Å². The van der Waals surface area contributed by atoms with Gasteiger partial charge in [0.25, 0.3) is 0 Å². The van der Waals surface area contributed by atoms with Crippen LogP contribution in [-0.4, -0.2) is 68.2 Å². The summed E-state index contributed by atoms with van der Waals surface area (Å²) in [6.45, 7) is 3.24. The summed E-state index contributed by atoms with van der Waals surface area (Å²) in [4.78, 5) is 16.9. The minimum absolute atomic E-state index is 0.108. The zero-order valence-corrected chi connectivity index (χ0v) is 18.9. The Morgan fingerprint density at radius 3 is 2.39 bits per heavy atom. The van der Waals surface area contributed by atoms with Crippen molar-refractivity contribution in [3.05, 3.63) is 64.7 Å². The van der Waals surface area contributed by atoms with Gasteiger partial charge in [0.15, 0.2) is 0 Å². The molecule has 2 aromatic rings. The second-order valence-corrected chi connectivity index (χ2v) is 10.0. The predicted molar refractivity (Wildman–Crippen MR) is 119 cm³/mol. The van der Waals surface area contributed by atoms with E-state index >= 15 is 0 Å². The Balaban J connectivity index is 1.56. The molecule has 0 bridgehead atoms. The van der Waals surface area contributed by atoms with Crippen LogP contribution in [0.1, 0.15) is 17.5 Å². The lowest BCUT2D eigenvalue weighted by molar-refractivity contribution is -0.131. The molecule has 2 aromatic carbocycles. The first-order chi connectivity index (χ1) is 14.8. The number of nitrogens with zero attached hydrogens (tertiary/aromatic N) is 4. The Morgan fingerprint density at radius 1 is 1.06 bits per heavy atom. The van der Waals surface area contributed by atoms with Crippen molar-refractivity contribution < 1.29 is 13.2 Å². The third kappa shape index (κ3) is 6.05. The number of rotatable bonds is 6. The summed E-state index contributed by atoms with van der Waals surface area (Å²) in [7, 11) is -2.35. The van der Waals surface area contributed by atoms with E-state index in [1.165, 1.54) is 31.3 Å². The molecular formula is C22H25ClN4O3S. The molecule has 0 N–H and O–H groups in total. The number of sulfonamides is 1. The molecule has 3 rings (SSSR count). The molecule has 31 heavy (non-hydrogen) atoms. The summed E-state index contributed by atoms with van der Waals surface area (Å²) in [5.41, 5.74) is 1.75. The van der Waals surface area contributed by atoms with E-state index in [2.05, 4.69) is 11.0 Å². The summed E-state index contributed by atoms with van der Waals surface area (Å²) in [6, 6.07) is 15.5. The number of hydrogen-bond acceptors (Lipinski definition) is 5. The molecule has 164 valence electrons. The molecule has 0 spiro atoms.